The molecule has 0 aliphatic rings. The zero-order valence-electron chi connectivity index (χ0n) is 8.92. The largest absolute Gasteiger partial charge is 0.480 e. The van der Waals surface area contributed by atoms with E-state index >= 15 is 0 Å². The molecule has 0 saturated carbocycles. The first-order chi connectivity index (χ1) is 6.88. The Morgan fingerprint density at radius 2 is 2.29 bits per heavy atom. The number of aromatic nitrogens is 1. The van der Waals surface area contributed by atoms with Crippen LogP contribution in [0.2, 0.25) is 0 Å². The minimum atomic E-state index is 0.670. The number of hydrogen-bond donors (Lipinski definition) is 1. The molecule has 1 aromatic heterocycles. The smallest absolute Gasteiger partial charge is 0.237 e. The van der Waals surface area contributed by atoms with Crippen LogP contribution in [0, 0.1) is 0 Å². The number of nitrogens with zero attached hydrogens (tertiary/aromatic N) is 1. The van der Waals surface area contributed by atoms with Crippen molar-refractivity contribution >= 4 is 5.69 Å². The average molecular weight is 194 g/mol. The van der Waals surface area contributed by atoms with Gasteiger partial charge < -0.3 is 10.1 Å². The van der Waals surface area contributed by atoms with E-state index in [9.17, 15) is 0 Å². The van der Waals surface area contributed by atoms with Crippen LogP contribution in [0.1, 0.15) is 26.2 Å². The van der Waals surface area contributed by atoms with Crippen molar-refractivity contribution in [2.45, 2.75) is 26.2 Å². The number of methoxy groups -OCH3 is 1. The minimum absolute atomic E-state index is 0.670. The van der Waals surface area contributed by atoms with Gasteiger partial charge in [0.25, 0.3) is 0 Å². The minimum Gasteiger partial charge on any atom is -0.480 e. The van der Waals surface area contributed by atoms with E-state index in [2.05, 4.69) is 17.2 Å². The molecule has 0 radical (unpaired) electrons. The fraction of sp³-hybridized carbons (Fsp3) is 0.545. The Bertz CT molecular complexity index is 263. The summed E-state index contributed by atoms with van der Waals surface area (Å²) in [5, 5.41) is 3.31. The topological polar surface area (TPSA) is 34.2 Å². The van der Waals surface area contributed by atoms with Gasteiger partial charge >= 0.3 is 0 Å². The summed E-state index contributed by atoms with van der Waals surface area (Å²) in [6, 6.07) is 3.89. The van der Waals surface area contributed by atoms with Gasteiger partial charge in [0.1, 0.15) is 0 Å². The molecule has 1 heterocycles. The third-order valence-electron chi connectivity index (χ3n) is 2.06. The van der Waals surface area contributed by atoms with Crippen LogP contribution < -0.4 is 10.1 Å². The summed E-state index contributed by atoms with van der Waals surface area (Å²) in [4.78, 5) is 4.11. The second kappa shape index (κ2) is 6.24. The van der Waals surface area contributed by atoms with Gasteiger partial charge in [0.2, 0.25) is 5.88 Å². The summed E-state index contributed by atoms with van der Waals surface area (Å²) in [7, 11) is 1.64. The predicted molar refractivity (Wildman–Crippen MR) is 58.8 cm³/mol. The molecule has 0 unspecified atom stereocenters. The van der Waals surface area contributed by atoms with Crippen LogP contribution in [0.5, 0.6) is 5.88 Å². The van der Waals surface area contributed by atoms with Gasteiger partial charge in [0, 0.05) is 12.7 Å². The van der Waals surface area contributed by atoms with Gasteiger partial charge in [-0.1, -0.05) is 19.8 Å². The number of pyridine rings is 1. The highest BCUT2D eigenvalue weighted by atomic mass is 16.5. The van der Waals surface area contributed by atoms with Gasteiger partial charge in [-0.2, -0.15) is 0 Å². The normalized spacial score (nSPS) is 9.86. The molecule has 0 amide bonds. The highest BCUT2D eigenvalue weighted by Gasteiger charge is 2.00. The van der Waals surface area contributed by atoms with Gasteiger partial charge in [-0.25, -0.2) is 4.98 Å². The Morgan fingerprint density at radius 3 is 3.00 bits per heavy atom. The van der Waals surface area contributed by atoms with E-state index < -0.39 is 0 Å². The lowest BCUT2D eigenvalue weighted by molar-refractivity contribution is 0.399. The quantitative estimate of drug-likeness (QED) is 0.707. The molecule has 3 heteroatoms. The Kier molecular flexibility index (Phi) is 4.83. The van der Waals surface area contributed by atoms with Crippen molar-refractivity contribution in [3.8, 4) is 5.88 Å². The third-order valence-corrected chi connectivity index (χ3v) is 2.06. The second-order valence-electron chi connectivity index (χ2n) is 3.19. The Balaban J connectivity index is 2.41. The molecule has 1 rings (SSSR count). The SMILES string of the molecule is CCCCCNc1cccnc1OC. The van der Waals surface area contributed by atoms with E-state index in [1.165, 1.54) is 19.3 Å². The van der Waals surface area contributed by atoms with E-state index in [1.807, 2.05) is 12.1 Å². The first kappa shape index (κ1) is 10.8. The molecule has 1 N–H and O–H groups in total. The van der Waals surface area contributed by atoms with Crippen molar-refractivity contribution in [1.29, 1.82) is 0 Å². The Hall–Kier alpha value is -1.25. The lowest BCUT2D eigenvalue weighted by Gasteiger charge is -2.08. The van der Waals surface area contributed by atoms with Crippen molar-refractivity contribution < 1.29 is 4.74 Å². The number of rotatable bonds is 6. The molecule has 0 aromatic carbocycles. The van der Waals surface area contributed by atoms with Crippen LogP contribution in [0.4, 0.5) is 5.69 Å². The Labute approximate surface area is 85.5 Å². The molecule has 0 bridgehead atoms. The maximum absolute atomic E-state index is 5.13. The van der Waals surface area contributed by atoms with E-state index in [-0.39, 0.29) is 0 Å². The van der Waals surface area contributed by atoms with Gasteiger partial charge in [-0.15, -0.1) is 0 Å². The van der Waals surface area contributed by atoms with Gasteiger partial charge in [0.05, 0.1) is 12.8 Å². The summed E-state index contributed by atoms with van der Waals surface area (Å²) in [6.07, 6.45) is 5.42. The third kappa shape index (κ3) is 3.24. The molecule has 0 spiro atoms. The maximum atomic E-state index is 5.13. The van der Waals surface area contributed by atoms with Gasteiger partial charge in [-0.05, 0) is 18.6 Å². The van der Waals surface area contributed by atoms with Gasteiger partial charge in [0.15, 0.2) is 0 Å². The van der Waals surface area contributed by atoms with Crippen LogP contribution in [0.25, 0.3) is 0 Å². The number of hydrogen-bond acceptors (Lipinski definition) is 3. The number of ether oxygens (including phenoxy) is 1. The van der Waals surface area contributed by atoms with Gasteiger partial charge in [-0.3, -0.25) is 0 Å². The lowest BCUT2D eigenvalue weighted by Crippen LogP contribution is -2.03. The van der Waals surface area contributed by atoms with Crippen molar-refractivity contribution in [2.24, 2.45) is 0 Å². The summed E-state index contributed by atoms with van der Waals surface area (Å²) in [5.74, 6) is 0.670. The number of anilines is 1. The molecule has 3 nitrogen and oxygen atoms in total. The van der Waals surface area contributed by atoms with E-state index in [0.717, 1.165) is 12.2 Å². The first-order valence-electron chi connectivity index (χ1n) is 5.11. The summed E-state index contributed by atoms with van der Waals surface area (Å²) >= 11 is 0. The molecule has 14 heavy (non-hydrogen) atoms. The number of unbranched alkanes of at least 4 members (excludes halogenated alkanes) is 2. The van der Waals surface area contributed by atoms with Crippen LogP contribution in [-0.4, -0.2) is 18.6 Å². The molecule has 0 aliphatic heterocycles. The van der Waals surface area contributed by atoms with Crippen molar-refractivity contribution in [2.75, 3.05) is 19.0 Å². The monoisotopic (exact) mass is 194 g/mol. The van der Waals surface area contributed by atoms with Crippen LogP contribution in [0.3, 0.4) is 0 Å². The van der Waals surface area contributed by atoms with E-state index in [1.54, 1.807) is 13.3 Å². The molecule has 1 aromatic rings. The van der Waals surface area contributed by atoms with Crippen molar-refractivity contribution in [1.82, 2.24) is 4.98 Å². The van der Waals surface area contributed by atoms with Crippen molar-refractivity contribution in [3.63, 3.8) is 0 Å². The highest BCUT2D eigenvalue weighted by Crippen LogP contribution is 2.19. The fourth-order valence-electron chi connectivity index (χ4n) is 1.29. The van der Waals surface area contributed by atoms with Crippen LogP contribution in [0.15, 0.2) is 18.3 Å². The van der Waals surface area contributed by atoms with E-state index in [4.69, 9.17) is 4.74 Å². The molecule has 0 atom stereocenters. The average Bonchev–Trinajstić information content (AvgIpc) is 2.25. The summed E-state index contributed by atoms with van der Waals surface area (Å²) in [6.45, 7) is 3.18. The molecule has 78 valence electrons. The van der Waals surface area contributed by atoms with Crippen LogP contribution >= 0.6 is 0 Å². The molecule has 0 fully saturated rings. The summed E-state index contributed by atoms with van der Waals surface area (Å²) < 4.78 is 5.13. The maximum Gasteiger partial charge on any atom is 0.237 e. The summed E-state index contributed by atoms with van der Waals surface area (Å²) in [5.41, 5.74) is 0.978. The lowest BCUT2D eigenvalue weighted by atomic mass is 10.2. The molecule has 0 aliphatic carbocycles. The molecular weight excluding hydrogens is 176 g/mol. The second-order valence-corrected chi connectivity index (χ2v) is 3.19. The number of nitrogens with one attached hydrogen (secondary N) is 1. The zero-order valence-corrected chi connectivity index (χ0v) is 8.92. The molecular formula is C11H18N2O. The Morgan fingerprint density at radius 1 is 1.43 bits per heavy atom. The van der Waals surface area contributed by atoms with E-state index in [0.29, 0.717) is 5.88 Å². The highest BCUT2D eigenvalue weighted by molar-refractivity contribution is 5.51. The van der Waals surface area contributed by atoms with Crippen molar-refractivity contribution in [3.05, 3.63) is 18.3 Å². The molecule has 0 saturated heterocycles. The van der Waals surface area contributed by atoms with Crippen LogP contribution in [-0.2, 0) is 0 Å². The predicted octanol–water partition coefficient (Wildman–Crippen LogP) is 2.69. The first-order valence-corrected chi connectivity index (χ1v) is 5.11. The standard InChI is InChI=1S/C11H18N2O/c1-3-4-5-8-12-10-7-6-9-13-11(10)14-2/h6-7,9,12H,3-5,8H2,1-2H3. The fourth-order valence-corrected chi connectivity index (χ4v) is 1.29. The zero-order chi connectivity index (χ0) is 10.2.